The van der Waals surface area contributed by atoms with E-state index in [1.165, 1.54) is 5.56 Å². The Morgan fingerprint density at radius 2 is 2.15 bits per heavy atom. The molecule has 0 bridgehead atoms. The number of fused-ring (bicyclic) bond motifs is 1. The van der Waals surface area contributed by atoms with Crippen molar-refractivity contribution in [3.8, 4) is 11.5 Å². The molecule has 1 heterocycles. The van der Waals surface area contributed by atoms with Crippen molar-refractivity contribution in [2.24, 2.45) is 0 Å². The molecule has 1 aromatic rings. The summed E-state index contributed by atoms with van der Waals surface area (Å²) < 4.78 is 16.8. The summed E-state index contributed by atoms with van der Waals surface area (Å²) in [4.78, 5) is 0. The Labute approximate surface area is 121 Å². The number of rotatable bonds is 6. The topological polar surface area (TPSA) is 39.7 Å². The zero-order chi connectivity index (χ0) is 14.6. The van der Waals surface area contributed by atoms with E-state index >= 15 is 0 Å². The van der Waals surface area contributed by atoms with Gasteiger partial charge in [0.15, 0.2) is 6.79 Å². The van der Waals surface area contributed by atoms with Gasteiger partial charge in [0.1, 0.15) is 17.1 Å². The molecule has 1 aliphatic heterocycles. The fourth-order valence-electron chi connectivity index (χ4n) is 2.54. The van der Waals surface area contributed by atoms with Crippen LogP contribution in [0.1, 0.15) is 45.7 Å². The summed E-state index contributed by atoms with van der Waals surface area (Å²) in [5, 5.41) is 3.52. The Morgan fingerprint density at radius 3 is 2.85 bits per heavy atom. The summed E-state index contributed by atoms with van der Waals surface area (Å²) in [5.41, 5.74) is 1.04. The molecule has 112 valence electrons. The second-order valence-electron chi connectivity index (χ2n) is 5.63. The Bertz CT molecular complexity index is 445. The van der Waals surface area contributed by atoms with Crippen molar-refractivity contribution in [1.29, 1.82) is 0 Å². The quantitative estimate of drug-likeness (QED) is 0.641. The van der Waals surface area contributed by atoms with Crippen LogP contribution in [0.5, 0.6) is 11.5 Å². The van der Waals surface area contributed by atoms with Gasteiger partial charge >= 0.3 is 0 Å². The SMILES string of the molecule is CCNC1CC(C)(C)Oc2cc(OCOCC)ccc21. The third-order valence-electron chi connectivity index (χ3n) is 3.41. The van der Waals surface area contributed by atoms with Crippen molar-refractivity contribution in [3.63, 3.8) is 0 Å². The molecule has 1 aliphatic rings. The number of hydrogen-bond donors (Lipinski definition) is 1. The minimum atomic E-state index is -0.168. The molecule has 0 radical (unpaired) electrons. The Hall–Kier alpha value is -1.26. The number of nitrogens with one attached hydrogen (secondary N) is 1. The molecule has 4 nitrogen and oxygen atoms in total. The average molecular weight is 279 g/mol. The van der Waals surface area contributed by atoms with Gasteiger partial charge < -0.3 is 19.5 Å². The van der Waals surface area contributed by atoms with Gasteiger partial charge in [-0.1, -0.05) is 13.0 Å². The van der Waals surface area contributed by atoms with Crippen molar-refractivity contribution in [1.82, 2.24) is 5.32 Å². The van der Waals surface area contributed by atoms with Crippen molar-refractivity contribution >= 4 is 0 Å². The van der Waals surface area contributed by atoms with Gasteiger partial charge in [-0.05, 0) is 33.4 Å². The highest BCUT2D eigenvalue weighted by Gasteiger charge is 2.33. The average Bonchev–Trinajstić information content (AvgIpc) is 2.37. The Balaban J connectivity index is 2.18. The van der Waals surface area contributed by atoms with Crippen LogP contribution in [0.25, 0.3) is 0 Å². The first kappa shape index (κ1) is 15.1. The maximum absolute atomic E-state index is 6.08. The van der Waals surface area contributed by atoms with Crippen molar-refractivity contribution < 1.29 is 14.2 Å². The molecule has 0 fully saturated rings. The minimum absolute atomic E-state index is 0.168. The predicted molar refractivity (Wildman–Crippen MR) is 79.3 cm³/mol. The maximum atomic E-state index is 6.08. The molecular formula is C16H25NO3. The monoisotopic (exact) mass is 279 g/mol. The van der Waals surface area contributed by atoms with E-state index in [0.717, 1.165) is 24.5 Å². The summed E-state index contributed by atoms with van der Waals surface area (Å²) in [5.74, 6) is 1.69. The summed E-state index contributed by atoms with van der Waals surface area (Å²) in [6, 6.07) is 6.35. The minimum Gasteiger partial charge on any atom is -0.487 e. The van der Waals surface area contributed by atoms with Crippen LogP contribution in [-0.2, 0) is 4.74 Å². The van der Waals surface area contributed by atoms with Crippen LogP contribution in [0, 0.1) is 0 Å². The fourth-order valence-corrected chi connectivity index (χ4v) is 2.54. The molecule has 4 heteroatoms. The highest BCUT2D eigenvalue weighted by Crippen LogP contribution is 2.41. The number of ether oxygens (including phenoxy) is 3. The molecule has 1 unspecified atom stereocenters. The molecule has 0 aromatic heterocycles. The van der Waals surface area contributed by atoms with E-state index in [1.54, 1.807) is 0 Å². The normalized spacial score (nSPS) is 20.1. The lowest BCUT2D eigenvalue weighted by Gasteiger charge is -2.38. The van der Waals surface area contributed by atoms with Gasteiger partial charge in [0.2, 0.25) is 0 Å². The lowest BCUT2D eigenvalue weighted by Crippen LogP contribution is -2.39. The number of hydrogen-bond acceptors (Lipinski definition) is 4. The molecule has 2 rings (SSSR count). The molecule has 0 saturated heterocycles. The third kappa shape index (κ3) is 3.64. The molecule has 1 N–H and O–H groups in total. The van der Waals surface area contributed by atoms with E-state index < -0.39 is 0 Å². The van der Waals surface area contributed by atoms with Crippen LogP contribution >= 0.6 is 0 Å². The van der Waals surface area contributed by atoms with Crippen LogP contribution in [0.3, 0.4) is 0 Å². The first-order chi connectivity index (χ1) is 9.55. The van der Waals surface area contributed by atoms with Crippen LogP contribution in [-0.4, -0.2) is 25.5 Å². The maximum Gasteiger partial charge on any atom is 0.189 e. The van der Waals surface area contributed by atoms with Crippen LogP contribution in [0.2, 0.25) is 0 Å². The van der Waals surface area contributed by atoms with E-state index in [1.807, 2.05) is 19.1 Å². The van der Waals surface area contributed by atoms with Gasteiger partial charge in [0.05, 0.1) is 0 Å². The van der Waals surface area contributed by atoms with E-state index in [2.05, 4.69) is 32.2 Å². The van der Waals surface area contributed by atoms with Crippen molar-refractivity contribution in [2.45, 2.75) is 45.8 Å². The predicted octanol–water partition coefficient (Wildman–Crippen LogP) is 3.27. The van der Waals surface area contributed by atoms with Gasteiger partial charge in [0.25, 0.3) is 0 Å². The summed E-state index contributed by atoms with van der Waals surface area (Å²) in [7, 11) is 0. The van der Waals surface area contributed by atoms with Gasteiger partial charge in [-0.2, -0.15) is 0 Å². The second kappa shape index (κ2) is 6.46. The summed E-state index contributed by atoms with van der Waals surface area (Å²) in [6.07, 6.45) is 0.965. The lowest BCUT2D eigenvalue weighted by atomic mass is 9.89. The van der Waals surface area contributed by atoms with Gasteiger partial charge in [0, 0.05) is 30.7 Å². The van der Waals surface area contributed by atoms with Gasteiger partial charge in [-0.15, -0.1) is 0 Å². The molecule has 1 aromatic carbocycles. The van der Waals surface area contributed by atoms with Gasteiger partial charge in [-0.3, -0.25) is 0 Å². The molecular weight excluding hydrogens is 254 g/mol. The molecule has 0 amide bonds. The molecule has 20 heavy (non-hydrogen) atoms. The highest BCUT2D eigenvalue weighted by molar-refractivity contribution is 5.44. The first-order valence-corrected chi connectivity index (χ1v) is 7.32. The zero-order valence-electron chi connectivity index (χ0n) is 12.9. The lowest BCUT2D eigenvalue weighted by molar-refractivity contribution is 0.0215. The first-order valence-electron chi connectivity index (χ1n) is 7.32. The molecule has 0 saturated carbocycles. The second-order valence-corrected chi connectivity index (χ2v) is 5.63. The van der Waals surface area contributed by atoms with E-state index in [0.29, 0.717) is 12.6 Å². The van der Waals surface area contributed by atoms with Crippen LogP contribution in [0.4, 0.5) is 0 Å². The Kier molecular flexibility index (Phi) is 4.89. The van der Waals surface area contributed by atoms with Crippen molar-refractivity contribution in [3.05, 3.63) is 23.8 Å². The Morgan fingerprint density at radius 1 is 1.35 bits per heavy atom. The third-order valence-corrected chi connectivity index (χ3v) is 3.41. The van der Waals surface area contributed by atoms with E-state index in [4.69, 9.17) is 14.2 Å². The standard InChI is InChI=1S/C16H25NO3/c1-5-17-14-10-16(3,4)20-15-9-12(7-8-13(14)15)19-11-18-6-2/h7-9,14,17H,5-6,10-11H2,1-4H3. The molecule has 0 aliphatic carbocycles. The smallest absolute Gasteiger partial charge is 0.189 e. The highest BCUT2D eigenvalue weighted by atomic mass is 16.7. The molecule has 1 atom stereocenters. The summed E-state index contributed by atoms with van der Waals surface area (Å²) >= 11 is 0. The molecule has 0 spiro atoms. The van der Waals surface area contributed by atoms with Crippen LogP contribution in [0.15, 0.2) is 18.2 Å². The zero-order valence-corrected chi connectivity index (χ0v) is 12.9. The van der Waals surface area contributed by atoms with Crippen molar-refractivity contribution in [2.75, 3.05) is 19.9 Å². The van der Waals surface area contributed by atoms with E-state index in [-0.39, 0.29) is 12.4 Å². The largest absolute Gasteiger partial charge is 0.487 e. The van der Waals surface area contributed by atoms with Crippen LogP contribution < -0.4 is 14.8 Å². The number of benzene rings is 1. The summed E-state index contributed by atoms with van der Waals surface area (Å²) in [6.45, 7) is 10.2. The van der Waals surface area contributed by atoms with Gasteiger partial charge in [-0.25, -0.2) is 0 Å². The van der Waals surface area contributed by atoms with E-state index in [9.17, 15) is 0 Å². The fraction of sp³-hybridized carbons (Fsp3) is 0.625.